The molecule has 3 N–H and O–H groups in total. The van der Waals surface area contributed by atoms with Gasteiger partial charge in [0.25, 0.3) is 0 Å². The Hall–Kier alpha value is -0.220. The van der Waals surface area contributed by atoms with Crippen molar-refractivity contribution in [2.75, 3.05) is 12.3 Å². The van der Waals surface area contributed by atoms with E-state index in [4.69, 9.17) is 17.3 Å². The molecule has 15 heavy (non-hydrogen) atoms. The number of nitrogens with two attached hydrogens (primary N) is 1. The fraction of sp³-hybridized carbons (Fsp3) is 0.455. The summed E-state index contributed by atoms with van der Waals surface area (Å²) in [6.45, 7) is 0.349. The Balaban J connectivity index is 2.17. The van der Waals surface area contributed by atoms with Crippen LogP contribution >= 0.6 is 23.4 Å². The summed E-state index contributed by atoms with van der Waals surface area (Å²) >= 11 is 7.58. The van der Waals surface area contributed by atoms with Crippen LogP contribution < -0.4 is 5.73 Å². The van der Waals surface area contributed by atoms with Crippen molar-refractivity contribution in [2.45, 2.75) is 18.3 Å². The fourth-order valence-corrected chi connectivity index (χ4v) is 2.25. The quantitative estimate of drug-likeness (QED) is 0.756. The van der Waals surface area contributed by atoms with Crippen LogP contribution in [0.5, 0.6) is 0 Å². The summed E-state index contributed by atoms with van der Waals surface area (Å²) in [5, 5.41) is 10.0. The Kier molecular flexibility index (Phi) is 6.10. The molecule has 0 aliphatic rings. The van der Waals surface area contributed by atoms with E-state index in [1.165, 1.54) is 5.56 Å². The van der Waals surface area contributed by atoms with Crippen molar-refractivity contribution >= 4 is 23.4 Å². The Labute approximate surface area is 99.8 Å². The number of hydrogen-bond acceptors (Lipinski definition) is 3. The van der Waals surface area contributed by atoms with E-state index in [0.29, 0.717) is 6.54 Å². The molecule has 0 saturated heterocycles. The maximum Gasteiger partial charge on any atom is 0.0670 e. The van der Waals surface area contributed by atoms with Crippen LogP contribution in [0.1, 0.15) is 12.0 Å². The lowest BCUT2D eigenvalue weighted by molar-refractivity contribution is 0.180. The van der Waals surface area contributed by atoms with E-state index < -0.39 is 0 Å². The van der Waals surface area contributed by atoms with Gasteiger partial charge >= 0.3 is 0 Å². The summed E-state index contributed by atoms with van der Waals surface area (Å²) in [4.78, 5) is 0. The number of aliphatic hydroxyl groups excluding tert-OH is 1. The molecule has 1 rings (SSSR count). The van der Waals surface area contributed by atoms with E-state index >= 15 is 0 Å². The van der Waals surface area contributed by atoms with Gasteiger partial charge in [0.1, 0.15) is 0 Å². The molecule has 0 aliphatic carbocycles. The maximum atomic E-state index is 9.24. The molecule has 0 aliphatic heterocycles. The van der Waals surface area contributed by atoms with Crippen LogP contribution in [0.25, 0.3) is 0 Å². The predicted octanol–water partition coefficient (Wildman–Crippen LogP) is 2.28. The standard InChI is InChI=1S/C11H16ClNOS/c12-10-3-1-9(2-4-10)8-15-6-5-11(14)7-13/h1-4,11,14H,5-8,13H2. The van der Waals surface area contributed by atoms with E-state index in [1.807, 2.05) is 24.3 Å². The number of rotatable bonds is 6. The molecule has 1 aromatic rings. The Morgan fingerprint density at radius 3 is 2.60 bits per heavy atom. The predicted molar refractivity (Wildman–Crippen MR) is 67.3 cm³/mol. The van der Waals surface area contributed by atoms with Crippen LogP contribution in [-0.4, -0.2) is 23.5 Å². The third-order valence-electron chi connectivity index (χ3n) is 2.05. The minimum atomic E-state index is -0.359. The van der Waals surface area contributed by atoms with E-state index in [0.717, 1.165) is 22.9 Å². The first kappa shape index (κ1) is 12.8. The molecule has 1 aromatic carbocycles. The second-order valence-corrected chi connectivity index (χ2v) is 4.90. The molecular weight excluding hydrogens is 230 g/mol. The van der Waals surface area contributed by atoms with Crippen LogP contribution in [0.2, 0.25) is 5.02 Å². The van der Waals surface area contributed by atoms with Crippen LogP contribution in [0.3, 0.4) is 0 Å². The summed E-state index contributed by atoms with van der Waals surface area (Å²) in [6, 6.07) is 7.84. The molecule has 1 unspecified atom stereocenters. The first-order valence-electron chi connectivity index (χ1n) is 4.92. The van der Waals surface area contributed by atoms with Crippen molar-refractivity contribution in [3.05, 3.63) is 34.9 Å². The molecule has 0 saturated carbocycles. The van der Waals surface area contributed by atoms with Gasteiger partial charge in [-0.3, -0.25) is 0 Å². The molecule has 1 atom stereocenters. The van der Waals surface area contributed by atoms with Crippen molar-refractivity contribution < 1.29 is 5.11 Å². The van der Waals surface area contributed by atoms with Gasteiger partial charge in [-0.25, -0.2) is 0 Å². The van der Waals surface area contributed by atoms with Gasteiger partial charge in [-0.1, -0.05) is 23.7 Å². The molecule has 0 spiro atoms. The average Bonchev–Trinajstić information content (AvgIpc) is 2.26. The first-order chi connectivity index (χ1) is 7.22. The smallest absolute Gasteiger partial charge is 0.0670 e. The second kappa shape index (κ2) is 7.12. The van der Waals surface area contributed by atoms with Crippen molar-refractivity contribution in [1.82, 2.24) is 0 Å². The van der Waals surface area contributed by atoms with Crippen molar-refractivity contribution in [3.8, 4) is 0 Å². The van der Waals surface area contributed by atoms with Gasteiger partial charge in [-0.05, 0) is 29.9 Å². The highest BCUT2D eigenvalue weighted by Crippen LogP contribution is 2.16. The minimum Gasteiger partial charge on any atom is -0.392 e. The van der Waals surface area contributed by atoms with E-state index in [9.17, 15) is 5.11 Å². The Morgan fingerprint density at radius 2 is 2.00 bits per heavy atom. The topological polar surface area (TPSA) is 46.2 Å². The van der Waals surface area contributed by atoms with E-state index in [2.05, 4.69) is 0 Å². The van der Waals surface area contributed by atoms with Gasteiger partial charge in [0.05, 0.1) is 6.10 Å². The highest BCUT2D eigenvalue weighted by atomic mass is 35.5. The third kappa shape index (κ3) is 5.42. The zero-order chi connectivity index (χ0) is 11.1. The fourth-order valence-electron chi connectivity index (χ4n) is 1.11. The highest BCUT2D eigenvalue weighted by Gasteiger charge is 2.00. The van der Waals surface area contributed by atoms with Gasteiger partial charge in [-0.2, -0.15) is 11.8 Å². The largest absolute Gasteiger partial charge is 0.392 e. The SMILES string of the molecule is NCC(O)CCSCc1ccc(Cl)cc1. The first-order valence-corrected chi connectivity index (χ1v) is 6.46. The summed E-state index contributed by atoms with van der Waals surface area (Å²) in [5.74, 6) is 1.88. The lowest BCUT2D eigenvalue weighted by atomic mass is 10.2. The van der Waals surface area contributed by atoms with Crippen molar-refractivity contribution in [3.63, 3.8) is 0 Å². The van der Waals surface area contributed by atoms with Gasteiger partial charge in [-0.15, -0.1) is 0 Å². The molecule has 4 heteroatoms. The van der Waals surface area contributed by atoms with Crippen LogP contribution in [0.15, 0.2) is 24.3 Å². The molecule has 0 heterocycles. The van der Waals surface area contributed by atoms with Gasteiger partial charge in [0.2, 0.25) is 0 Å². The summed E-state index contributed by atoms with van der Waals surface area (Å²) in [7, 11) is 0. The van der Waals surface area contributed by atoms with Crippen molar-refractivity contribution in [1.29, 1.82) is 0 Å². The second-order valence-electron chi connectivity index (χ2n) is 3.36. The zero-order valence-electron chi connectivity index (χ0n) is 8.53. The third-order valence-corrected chi connectivity index (χ3v) is 3.36. The molecule has 0 bridgehead atoms. The lowest BCUT2D eigenvalue weighted by Gasteiger charge is -2.06. The molecule has 0 aromatic heterocycles. The van der Waals surface area contributed by atoms with Gasteiger partial charge in [0.15, 0.2) is 0 Å². The average molecular weight is 246 g/mol. The summed E-state index contributed by atoms with van der Waals surface area (Å²) < 4.78 is 0. The molecule has 0 fully saturated rings. The van der Waals surface area contributed by atoms with Gasteiger partial charge in [0, 0.05) is 17.3 Å². The number of aliphatic hydroxyl groups is 1. The minimum absolute atomic E-state index is 0.349. The zero-order valence-corrected chi connectivity index (χ0v) is 10.1. The Morgan fingerprint density at radius 1 is 1.33 bits per heavy atom. The number of benzene rings is 1. The monoisotopic (exact) mass is 245 g/mol. The number of halogens is 1. The van der Waals surface area contributed by atoms with Crippen molar-refractivity contribution in [2.24, 2.45) is 5.73 Å². The molecule has 2 nitrogen and oxygen atoms in total. The van der Waals surface area contributed by atoms with E-state index in [-0.39, 0.29) is 6.10 Å². The van der Waals surface area contributed by atoms with Crippen LogP contribution in [0.4, 0.5) is 0 Å². The lowest BCUT2D eigenvalue weighted by Crippen LogP contribution is -2.20. The van der Waals surface area contributed by atoms with Crippen LogP contribution in [-0.2, 0) is 5.75 Å². The van der Waals surface area contributed by atoms with Gasteiger partial charge < -0.3 is 10.8 Å². The molecule has 0 radical (unpaired) electrons. The molecule has 84 valence electrons. The molecule has 0 amide bonds. The maximum absolute atomic E-state index is 9.24. The number of hydrogen-bond donors (Lipinski definition) is 2. The highest BCUT2D eigenvalue weighted by molar-refractivity contribution is 7.98. The Bertz CT molecular complexity index is 278. The van der Waals surface area contributed by atoms with Crippen LogP contribution in [0, 0.1) is 0 Å². The number of thioether (sulfide) groups is 1. The molecular formula is C11H16ClNOS. The summed E-state index contributed by atoms with van der Waals surface area (Å²) in [6.07, 6.45) is 0.400. The summed E-state index contributed by atoms with van der Waals surface area (Å²) in [5.41, 5.74) is 6.56. The normalized spacial score (nSPS) is 12.7. The van der Waals surface area contributed by atoms with E-state index in [1.54, 1.807) is 11.8 Å².